The summed E-state index contributed by atoms with van der Waals surface area (Å²) in [5.74, 6) is 0.662. The van der Waals surface area contributed by atoms with Crippen LogP contribution in [0.3, 0.4) is 0 Å². The Bertz CT molecular complexity index is 389. The number of carbonyl (C=O) groups excluding carboxylic acids is 1. The number of pyridine rings is 1. The predicted octanol–water partition coefficient (Wildman–Crippen LogP) is 1.10. The molecule has 0 bridgehead atoms. The Morgan fingerprint density at radius 3 is 3.00 bits per heavy atom. The van der Waals surface area contributed by atoms with Crippen LogP contribution < -0.4 is 15.8 Å². The second-order valence-corrected chi connectivity index (χ2v) is 4.22. The topological polar surface area (TPSA) is 77.2 Å². The number of hydrogen-bond acceptors (Lipinski definition) is 4. The average Bonchev–Trinajstić information content (AvgIpc) is 2.81. The molecule has 1 heterocycles. The summed E-state index contributed by atoms with van der Waals surface area (Å²) >= 11 is 0. The molecule has 5 heteroatoms. The molecule has 92 valence electrons. The first-order valence-corrected chi connectivity index (χ1v) is 5.88. The van der Waals surface area contributed by atoms with Crippen LogP contribution in [0.25, 0.3) is 0 Å². The lowest BCUT2D eigenvalue weighted by molar-refractivity contribution is -0.123. The summed E-state index contributed by atoms with van der Waals surface area (Å²) < 4.78 is 5.31. The highest BCUT2D eigenvalue weighted by molar-refractivity contribution is 5.78. The van der Waals surface area contributed by atoms with Gasteiger partial charge in [-0.15, -0.1) is 0 Å². The van der Waals surface area contributed by atoms with Gasteiger partial charge in [-0.3, -0.25) is 4.79 Å². The Hall–Kier alpha value is -1.78. The van der Waals surface area contributed by atoms with Crippen LogP contribution in [0.4, 0.5) is 5.82 Å². The first-order chi connectivity index (χ1) is 8.25. The molecule has 0 aliphatic heterocycles. The quantitative estimate of drug-likeness (QED) is 0.819. The molecule has 1 fully saturated rings. The van der Waals surface area contributed by atoms with Crippen molar-refractivity contribution in [2.75, 3.05) is 12.3 Å². The molecule has 3 N–H and O–H groups in total. The third-order valence-electron chi connectivity index (χ3n) is 2.88. The molecule has 0 unspecified atom stereocenters. The van der Waals surface area contributed by atoms with Crippen LogP contribution in [0, 0.1) is 0 Å². The van der Waals surface area contributed by atoms with E-state index in [4.69, 9.17) is 10.5 Å². The number of nitrogens with zero attached hydrogens (tertiary/aromatic N) is 1. The molecule has 0 radical (unpaired) electrons. The summed E-state index contributed by atoms with van der Waals surface area (Å²) in [6.07, 6.45) is 6.12. The standard InChI is InChI=1S/C12H17N3O2/c13-12-10(6-3-7-14-12)17-8-11(16)15-9-4-1-2-5-9/h3,6-7,9H,1-2,4-5,8H2,(H2,13,14)(H,15,16). The summed E-state index contributed by atoms with van der Waals surface area (Å²) in [5, 5.41) is 2.94. The molecule has 1 saturated carbocycles. The van der Waals surface area contributed by atoms with Gasteiger partial charge < -0.3 is 15.8 Å². The molecule has 5 nitrogen and oxygen atoms in total. The summed E-state index contributed by atoms with van der Waals surface area (Å²) in [5.41, 5.74) is 5.60. The van der Waals surface area contributed by atoms with E-state index in [2.05, 4.69) is 10.3 Å². The van der Waals surface area contributed by atoms with Crippen molar-refractivity contribution >= 4 is 11.7 Å². The maximum absolute atomic E-state index is 11.6. The fourth-order valence-electron chi connectivity index (χ4n) is 2.01. The molecule has 17 heavy (non-hydrogen) atoms. The van der Waals surface area contributed by atoms with Gasteiger partial charge in [0.05, 0.1) is 0 Å². The second kappa shape index (κ2) is 5.52. The Labute approximate surface area is 100 Å². The number of nitrogen functional groups attached to an aromatic ring is 1. The van der Waals surface area contributed by atoms with E-state index >= 15 is 0 Å². The molecule has 2 rings (SSSR count). The normalized spacial score (nSPS) is 15.8. The number of nitrogens with two attached hydrogens (primary N) is 1. The van der Waals surface area contributed by atoms with E-state index in [-0.39, 0.29) is 12.5 Å². The van der Waals surface area contributed by atoms with Gasteiger partial charge in [-0.25, -0.2) is 4.98 Å². The van der Waals surface area contributed by atoms with Crippen LogP contribution in [0.1, 0.15) is 25.7 Å². The van der Waals surface area contributed by atoms with E-state index in [1.807, 2.05) is 0 Å². The van der Waals surface area contributed by atoms with Crippen LogP contribution in [-0.2, 0) is 4.79 Å². The van der Waals surface area contributed by atoms with Crippen LogP contribution in [0.15, 0.2) is 18.3 Å². The number of carbonyl (C=O) groups is 1. The molecule has 1 aliphatic carbocycles. The van der Waals surface area contributed by atoms with Crippen molar-refractivity contribution in [2.45, 2.75) is 31.7 Å². The zero-order valence-corrected chi connectivity index (χ0v) is 9.69. The third kappa shape index (κ3) is 3.34. The van der Waals surface area contributed by atoms with Crippen LogP contribution in [0.2, 0.25) is 0 Å². The number of anilines is 1. The van der Waals surface area contributed by atoms with Crippen molar-refractivity contribution in [3.8, 4) is 5.75 Å². The molecular weight excluding hydrogens is 218 g/mol. The molecule has 0 spiro atoms. The summed E-state index contributed by atoms with van der Waals surface area (Å²) in [6, 6.07) is 3.74. The van der Waals surface area contributed by atoms with Gasteiger partial charge in [0.2, 0.25) is 0 Å². The lowest BCUT2D eigenvalue weighted by Crippen LogP contribution is -2.36. The fourth-order valence-corrected chi connectivity index (χ4v) is 2.01. The molecule has 1 amide bonds. The van der Waals surface area contributed by atoms with Gasteiger partial charge in [0.25, 0.3) is 5.91 Å². The minimum Gasteiger partial charge on any atom is -0.480 e. The highest BCUT2D eigenvalue weighted by Crippen LogP contribution is 2.18. The lowest BCUT2D eigenvalue weighted by atomic mass is 10.2. The average molecular weight is 235 g/mol. The van der Waals surface area contributed by atoms with Crippen molar-refractivity contribution in [1.29, 1.82) is 0 Å². The molecule has 0 atom stereocenters. The number of rotatable bonds is 4. The molecular formula is C12H17N3O2. The molecule has 1 aliphatic rings. The van der Waals surface area contributed by atoms with Crippen LogP contribution in [0.5, 0.6) is 5.75 Å². The Morgan fingerprint density at radius 1 is 1.53 bits per heavy atom. The molecule has 1 aromatic rings. The fraction of sp³-hybridized carbons (Fsp3) is 0.500. The number of ether oxygens (including phenoxy) is 1. The Kier molecular flexibility index (Phi) is 3.80. The first kappa shape index (κ1) is 11.7. The minimum atomic E-state index is -0.0971. The predicted molar refractivity (Wildman–Crippen MR) is 64.5 cm³/mol. The van der Waals surface area contributed by atoms with E-state index in [0.717, 1.165) is 12.8 Å². The van der Waals surface area contributed by atoms with Gasteiger partial charge in [-0.05, 0) is 25.0 Å². The zero-order chi connectivity index (χ0) is 12.1. The minimum absolute atomic E-state index is 0.00755. The van der Waals surface area contributed by atoms with Gasteiger partial charge in [-0.1, -0.05) is 12.8 Å². The van der Waals surface area contributed by atoms with Gasteiger partial charge >= 0.3 is 0 Å². The molecule has 1 aromatic heterocycles. The molecule has 0 aromatic carbocycles. The Morgan fingerprint density at radius 2 is 2.29 bits per heavy atom. The van der Waals surface area contributed by atoms with Gasteiger partial charge in [0, 0.05) is 12.2 Å². The summed E-state index contributed by atoms with van der Waals surface area (Å²) in [7, 11) is 0. The van der Waals surface area contributed by atoms with Crippen molar-refractivity contribution in [3.63, 3.8) is 0 Å². The van der Waals surface area contributed by atoms with Crippen molar-refractivity contribution in [3.05, 3.63) is 18.3 Å². The number of aromatic nitrogens is 1. The van der Waals surface area contributed by atoms with E-state index < -0.39 is 0 Å². The van der Waals surface area contributed by atoms with Gasteiger partial charge in [0.15, 0.2) is 18.2 Å². The van der Waals surface area contributed by atoms with Crippen molar-refractivity contribution < 1.29 is 9.53 Å². The highest BCUT2D eigenvalue weighted by atomic mass is 16.5. The maximum atomic E-state index is 11.6. The molecule has 0 saturated heterocycles. The van der Waals surface area contributed by atoms with E-state index in [9.17, 15) is 4.79 Å². The second-order valence-electron chi connectivity index (χ2n) is 4.22. The van der Waals surface area contributed by atoms with Crippen molar-refractivity contribution in [1.82, 2.24) is 10.3 Å². The zero-order valence-electron chi connectivity index (χ0n) is 9.69. The SMILES string of the molecule is Nc1ncccc1OCC(=O)NC1CCCC1. The lowest BCUT2D eigenvalue weighted by Gasteiger charge is -2.12. The van der Waals surface area contributed by atoms with E-state index in [0.29, 0.717) is 17.6 Å². The maximum Gasteiger partial charge on any atom is 0.258 e. The largest absolute Gasteiger partial charge is 0.480 e. The summed E-state index contributed by atoms with van der Waals surface area (Å²) in [4.78, 5) is 15.5. The number of amides is 1. The van der Waals surface area contributed by atoms with E-state index in [1.165, 1.54) is 12.8 Å². The van der Waals surface area contributed by atoms with Crippen LogP contribution in [-0.4, -0.2) is 23.5 Å². The highest BCUT2D eigenvalue weighted by Gasteiger charge is 2.17. The number of hydrogen-bond donors (Lipinski definition) is 2. The smallest absolute Gasteiger partial charge is 0.258 e. The van der Waals surface area contributed by atoms with E-state index in [1.54, 1.807) is 18.3 Å². The first-order valence-electron chi connectivity index (χ1n) is 5.88. The van der Waals surface area contributed by atoms with Crippen molar-refractivity contribution in [2.24, 2.45) is 0 Å². The van der Waals surface area contributed by atoms with Crippen LogP contribution >= 0.6 is 0 Å². The monoisotopic (exact) mass is 235 g/mol. The number of nitrogens with one attached hydrogen (secondary N) is 1. The summed E-state index contributed by atoms with van der Waals surface area (Å²) in [6.45, 7) is -0.00755. The van der Waals surface area contributed by atoms with Gasteiger partial charge in [-0.2, -0.15) is 0 Å². The Balaban J connectivity index is 1.77. The third-order valence-corrected chi connectivity index (χ3v) is 2.88. The van der Waals surface area contributed by atoms with Gasteiger partial charge in [0.1, 0.15) is 0 Å².